The molecule has 0 fully saturated rings. The number of fused-ring (bicyclic) bond motifs is 1. The maximum atomic E-state index is 14.5. The van der Waals surface area contributed by atoms with Gasteiger partial charge in [-0.1, -0.05) is 42.5 Å². The predicted molar refractivity (Wildman–Crippen MR) is 124 cm³/mol. The van der Waals surface area contributed by atoms with Crippen molar-refractivity contribution in [2.24, 2.45) is 5.73 Å². The molecule has 1 atom stereocenters. The van der Waals surface area contributed by atoms with E-state index < -0.39 is 11.7 Å². The first-order chi connectivity index (χ1) is 14.9. The van der Waals surface area contributed by atoms with Gasteiger partial charge < -0.3 is 20.8 Å². The number of benzene rings is 3. The van der Waals surface area contributed by atoms with Gasteiger partial charge in [0.15, 0.2) is 5.11 Å². The Morgan fingerprint density at radius 1 is 1.06 bits per heavy atom. The first kappa shape index (κ1) is 20.6. The number of nitrogens with two attached hydrogens (primary N) is 1. The molecule has 0 aliphatic heterocycles. The van der Waals surface area contributed by atoms with Gasteiger partial charge in [-0.3, -0.25) is 4.79 Å². The molecule has 0 spiro atoms. The minimum absolute atomic E-state index is 0.127. The Morgan fingerprint density at radius 2 is 1.81 bits per heavy atom. The molecule has 156 valence electrons. The van der Waals surface area contributed by atoms with Gasteiger partial charge in [0.1, 0.15) is 17.2 Å². The van der Waals surface area contributed by atoms with Crippen molar-refractivity contribution in [3.63, 3.8) is 0 Å². The lowest BCUT2D eigenvalue weighted by molar-refractivity contribution is 0.0996. The van der Waals surface area contributed by atoms with Gasteiger partial charge in [-0.25, -0.2) is 4.39 Å². The molecule has 1 heterocycles. The number of hydrogen-bond acceptors (Lipinski definition) is 3. The molecule has 1 amide bonds. The van der Waals surface area contributed by atoms with Crippen LogP contribution in [0.15, 0.2) is 77.2 Å². The Balaban J connectivity index is 1.43. The zero-order chi connectivity index (χ0) is 22.0. The highest BCUT2D eigenvalue weighted by atomic mass is 32.1. The summed E-state index contributed by atoms with van der Waals surface area (Å²) >= 11 is 5.41. The Morgan fingerprint density at radius 3 is 2.52 bits per heavy atom. The highest BCUT2D eigenvalue weighted by Gasteiger charge is 2.14. The average Bonchev–Trinajstić information content (AvgIpc) is 3.19. The second-order valence-corrected chi connectivity index (χ2v) is 7.52. The fourth-order valence-corrected chi connectivity index (χ4v) is 3.62. The summed E-state index contributed by atoms with van der Waals surface area (Å²) in [5.74, 6) is -0.648. The van der Waals surface area contributed by atoms with E-state index >= 15 is 0 Å². The number of anilines is 1. The highest BCUT2D eigenvalue weighted by Crippen LogP contribution is 2.27. The van der Waals surface area contributed by atoms with Gasteiger partial charge in [-0.15, -0.1) is 0 Å². The number of primary amides is 1. The topological polar surface area (TPSA) is 80.3 Å². The van der Waals surface area contributed by atoms with E-state index in [1.54, 1.807) is 36.4 Å². The third-order valence-corrected chi connectivity index (χ3v) is 5.16. The third kappa shape index (κ3) is 4.41. The lowest BCUT2D eigenvalue weighted by Crippen LogP contribution is -2.30. The highest BCUT2D eigenvalue weighted by molar-refractivity contribution is 7.80. The lowest BCUT2D eigenvalue weighted by Gasteiger charge is -2.15. The van der Waals surface area contributed by atoms with E-state index in [1.807, 2.05) is 37.3 Å². The van der Waals surface area contributed by atoms with Crippen LogP contribution in [0.5, 0.6) is 0 Å². The molecule has 3 aromatic carbocycles. The van der Waals surface area contributed by atoms with Crippen LogP contribution in [0, 0.1) is 5.82 Å². The summed E-state index contributed by atoms with van der Waals surface area (Å²) in [5, 5.41) is 7.77. The Kier molecular flexibility index (Phi) is 5.68. The quantitative estimate of drug-likeness (QED) is 0.368. The summed E-state index contributed by atoms with van der Waals surface area (Å²) < 4.78 is 20.4. The van der Waals surface area contributed by atoms with Gasteiger partial charge in [0.05, 0.1) is 11.6 Å². The van der Waals surface area contributed by atoms with Crippen LogP contribution in [0.3, 0.4) is 0 Å². The van der Waals surface area contributed by atoms with Gasteiger partial charge in [-0.05, 0) is 55.0 Å². The molecule has 0 aliphatic rings. The molecule has 0 radical (unpaired) electrons. The number of furan rings is 1. The molecule has 4 N–H and O–H groups in total. The summed E-state index contributed by atoms with van der Waals surface area (Å²) in [6.07, 6.45) is 0. The van der Waals surface area contributed by atoms with Crippen molar-refractivity contribution in [3.05, 3.63) is 89.9 Å². The maximum absolute atomic E-state index is 14.5. The molecular weight excluding hydrogens is 413 g/mol. The van der Waals surface area contributed by atoms with E-state index in [2.05, 4.69) is 10.6 Å². The van der Waals surface area contributed by atoms with Crippen molar-refractivity contribution >= 4 is 39.9 Å². The normalized spacial score (nSPS) is 11.8. The average molecular weight is 434 g/mol. The minimum atomic E-state index is -0.798. The Bertz CT molecular complexity index is 1230. The van der Waals surface area contributed by atoms with Crippen LogP contribution < -0.4 is 16.4 Å². The van der Waals surface area contributed by atoms with Crippen LogP contribution in [0.1, 0.15) is 29.1 Å². The molecule has 5 nitrogen and oxygen atoms in total. The number of amides is 1. The van der Waals surface area contributed by atoms with E-state index in [0.717, 1.165) is 22.4 Å². The molecule has 4 aromatic rings. The van der Waals surface area contributed by atoms with Crippen molar-refractivity contribution in [1.82, 2.24) is 5.32 Å². The number of hydrogen-bond donors (Lipinski definition) is 3. The largest absolute Gasteiger partial charge is 0.459 e. The molecule has 1 aromatic heterocycles. The van der Waals surface area contributed by atoms with E-state index in [-0.39, 0.29) is 11.6 Å². The fourth-order valence-electron chi connectivity index (χ4n) is 3.33. The van der Waals surface area contributed by atoms with Gasteiger partial charge in [-0.2, -0.15) is 0 Å². The number of carbonyl (C=O) groups excluding carboxylic acids is 1. The van der Waals surface area contributed by atoms with Crippen molar-refractivity contribution in [1.29, 1.82) is 0 Å². The van der Waals surface area contributed by atoms with Crippen LogP contribution in [-0.2, 0) is 0 Å². The Hall–Kier alpha value is -3.71. The van der Waals surface area contributed by atoms with Crippen LogP contribution in [0.4, 0.5) is 10.1 Å². The lowest BCUT2D eigenvalue weighted by atomic mass is 10.0. The number of para-hydroxylation sites is 1. The number of rotatable bonds is 5. The van der Waals surface area contributed by atoms with Crippen molar-refractivity contribution < 1.29 is 13.6 Å². The van der Waals surface area contributed by atoms with E-state index in [1.165, 1.54) is 6.07 Å². The van der Waals surface area contributed by atoms with Crippen LogP contribution in [0.2, 0.25) is 0 Å². The van der Waals surface area contributed by atoms with E-state index in [9.17, 15) is 9.18 Å². The molecule has 0 aliphatic carbocycles. The van der Waals surface area contributed by atoms with Gasteiger partial charge in [0.25, 0.3) is 5.91 Å². The Labute approximate surface area is 184 Å². The minimum Gasteiger partial charge on any atom is -0.459 e. The number of nitrogens with one attached hydrogen (secondary N) is 2. The molecule has 31 heavy (non-hydrogen) atoms. The molecule has 1 unspecified atom stereocenters. The van der Waals surface area contributed by atoms with Crippen LogP contribution in [-0.4, -0.2) is 11.0 Å². The first-order valence-corrected chi connectivity index (χ1v) is 10.1. The molecule has 0 saturated carbocycles. The predicted octanol–water partition coefficient (Wildman–Crippen LogP) is 5.39. The maximum Gasteiger partial charge on any atom is 0.251 e. The SMILES string of the molecule is CC(NC(=S)Nc1ccc(-c2cccc(C(N)=O)c2F)cc1)c1cc2ccccc2o1. The van der Waals surface area contributed by atoms with Gasteiger partial charge in [0.2, 0.25) is 0 Å². The summed E-state index contributed by atoms with van der Waals surface area (Å²) in [4.78, 5) is 11.4. The number of thiocarbonyl (C=S) groups is 1. The summed E-state index contributed by atoms with van der Waals surface area (Å²) in [5.41, 5.74) is 7.59. The van der Waals surface area contributed by atoms with Crippen molar-refractivity contribution in [3.8, 4) is 11.1 Å². The van der Waals surface area contributed by atoms with Gasteiger partial charge in [0, 0.05) is 16.6 Å². The smallest absolute Gasteiger partial charge is 0.251 e. The standard InChI is InChI=1S/C24H20FN3O2S/c1-14(21-13-16-5-2-3-8-20(16)30-21)27-24(31)28-17-11-9-15(10-12-17)18-6-4-7-19(22(18)25)23(26)29/h2-14H,1H3,(H2,26,29)(H2,27,28,31). The van der Waals surface area contributed by atoms with Gasteiger partial charge >= 0.3 is 0 Å². The number of halogens is 1. The second-order valence-electron chi connectivity index (χ2n) is 7.12. The zero-order valence-electron chi connectivity index (χ0n) is 16.7. The second kappa shape index (κ2) is 8.57. The zero-order valence-corrected chi connectivity index (χ0v) is 17.5. The van der Waals surface area contributed by atoms with Crippen LogP contribution in [0.25, 0.3) is 22.1 Å². The van der Waals surface area contributed by atoms with Crippen molar-refractivity contribution in [2.45, 2.75) is 13.0 Å². The van der Waals surface area contributed by atoms with Crippen LogP contribution >= 0.6 is 12.2 Å². The van der Waals surface area contributed by atoms with Crippen molar-refractivity contribution in [2.75, 3.05) is 5.32 Å². The molecule has 0 bridgehead atoms. The fraction of sp³-hybridized carbons (Fsp3) is 0.0833. The monoisotopic (exact) mass is 433 g/mol. The van der Waals surface area contributed by atoms with E-state index in [4.69, 9.17) is 22.4 Å². The third-order valence-electron chi connectivity index (χ3n) is 4.94. The molecule has 4 rings (SSSR count). The number of carbonyl (C=O) groups is 1. The molecule has 7 heteroatoms. The molecular formula is C24H20FN3O2S. The summed E-state index contributed by atoms with van der Waals surface area (Å²) in [7, 11) is 0. The summed E-state index contributed by atoms with van der Waals surface area (Å²) in [6, 6.07) is 21.3. The summed E-state index contributed by atoms with van der Waals surface area (Å²) in [6.45, 7) is 1.96. The first-order valence-electron chi connectivity index (χ1n) is 9.67. The molecule has 0 saturated heterocycles. The van der Waals surface area contributed by atoms with E-state index in [0.29, 0.717) is 16.2 Å².